The van der Waals surface area contributed by atoms with E-state index in [-0.39, 0.29) is 47.3 Å². The third-order valence-corrected chi connectivity index (χ3v) is 6.55. The Morgan fingerprint density at radius 3 is 2.55 bits per heavy atom. The minimum absolute atomic E-state index is 0.0110. The summed E-state index contributed by atoms with van der Waals surface area (Å²) in [5, 5.41) is 0. The van der Waals surface area contributed by atoms with E-state index in [0.29, 0.717) is 50.4 Å². The molecular formula is C27H40F2N4O5. The van der Waals surface area contributed by atoms with Gasteiger partial charge in [0.25, 0.3) is 5.91 Å². The molecular weight excluding hydrogens is 498 g/mol. The van der Waals surface area contributed by atoms with Gasteiger partial charge in [-0.2, -0.15) is 8.78 Å². The number of rotatable bonds is 11. The number of benzene rings is 1. The summed E-state index contributed by atoms with van der Waals surface area (Å²) in [6.07, 6.45) is 2.10. The van der Waals surface area contributed by atoms with Crippen LogP contribution in [0.1, 0.15) is 56.8 Å². The highest BCUT2D eigenvalue weighted by atomic mass is 19.3. The van der Waals surface area contributed by atoms with E-state index in [1.165, 1.54) is 6.07 Å². The standard InChI is InChI=1S/C25H34F2N4O5.C2H6/c1-15(2)18-12-30(8-9-31(18)14-33-3)24(32)22-21(11-28)35-23(29-22)17-6-7-19(36-25(26)27)20(10-17)34-13-16-4-5-16;1-2/h6-7,10,15-16,18,25H,4-5,8-9,11-14,28H2,1-3H3;1-2H3. The van der Waals surface area contributed by atoms with Gasteiger partial charge in [-0.1, -0.05) is 27.7 Å². The minimum Gasteiger partial charge on any atom is -0.489 e. The monoisotopic (exact) mass is 538 g/mol. The Morgan fingerprint density at radius 2 is 1.95 bits per heavy atom. The first-order valence-corrected chi connectivity index (χ1v) is 13.2. The number of ether oxygens (including phenoxy) is 3. The van der Waals surface area contributed by atoms with Crippen molar-refractivity contribution in [3.05, 3.63) is 29.7 Å². The van der Waals surface area contributed by atoms with Gasteiger partial charge in [-0.25, -0.2) is 4.98 Å². The molecule has 1 amide bonds. The maximum atomic E-state index is 13.5. The highest BCUT2D eigenvalue weighted by molar-refractivity contribution is 5.94. The van der Waals surface area contributed by atoms with Gasteiger partial charge in [-0.15, -0.1) is 0 Å². The molecule has 2 fully saturated rings. The van der Waals surface area contributed by atoms with Crippen LogP contribution in [0.25, 0.3) is 11.5 Å². The molecule has 9 nitrogen and oxygen atoms in total. The molecule has 1 aliphatic carbocycles. The van der Waals surface area contributed by atoms with Gasteiger partial charge in [-0.05, 0) is 42.9 Å². The summed E-state index contributed by atoms with van der Waals surface area (Å²) in [7, 11) is 1.66. The summed E-state index contributed by atoms with van der Waals surface area (Å²) in [6, 6.07) is 4.61. The van der Waals surface area contributed by atoms with Crippen LogP contribution in [0.4, 0.5) is 8.78 Å². The Labute approximate surface area is 223 Å². The number of alkyl halides is 2. The molecule has 1 unspecified atom stereocenters. The fourth-order valence-corrected chi connectivity index (χ4v) is 4.36. The van der Waals surface area contributed by atoms with Crippen LogP contribution >= 0.6 is 0 Å². The number of amides is 1. The number of hydrogen-bond acceptors (Lipinski definition) is 8. The van der Waals surface area contributed by atoms with Gasteiger partial charge in [0, 0.05) is 38.3 Å². The van der Waals surface area contributed by atoms with Crippen LogP contribution in [0.5, 0.6) is 11.5 Å². The van der Waals surface area contributed by atoms with Crippen molar-refractivity contribution in [3.8, 4) is 23.0 Å². The second-order valence-electron chi connectivity index (χ2n) is 9.58. The Hall–Kier alpha value is -2.76. The van der Waals surface area contributed by atoms with Crippen molar-refractivity contribution in [2.24, 2.45) is 17.6 Å². The second-order valence-corrected chi connectivity index (χ2v) is 9.58. The van der Waals surface area contributed by atoms with Crippen LogP contribution in [-0.4, -0.2) is 73.4 Å². The first-order chi connectivity index (χ1) is 18.3. The van der Waals surface area contributed by atoms with Crippen LogP contribution in [0.3, 0.4) is 0 Å². The molecule has 2 aliphatic rings. The number of nitrogens with two attached hydrogens (primary N) is 1. The minimum atomic E-state index is -2.98. The molecule has 2 heterocycles. The fourth-order valence-electron chi connectivity index (χ4n) is 4.36. The normalized spacial score (nSPS) is 17.9. The van der Waals surface area contributed by atoms with Crippen LogP contribution < -0.4 is 15.2 Å². The maximum absolute atomic E-state index is 13.5. The number of hydrogen-bond donors (Lipinski definition) is 1. The predicted molar refractivity (Wildman–Crippen MR) is 139 cm³/mol. The summed E-state index contributed by atoms with van der Waals surface area (Å²) in [5.41, 5.74) is 6.52. The Kier molecular flexibility index (Phi) is 10.9. The molecule has 1 aromatic heterocycles. The second kappa shape index (κ2) is 13.9. The summed E-state index contributed by atoms with van der Waals surface area (Å²) < 4.78 is 47.3. The molecule has 1 saturated carbocycles. The van der Waals surface area contributed by atoms with E-state index in [9.17, 15) is 13.6 Å². The van der Waals surface area contributed by atoms with Gasteiger partial charge >= 0.3 is 6.61 Å². The van der Waals surface area contributed by atoms with Crippen LogP contribution in [0.2, 0.25) is 0 Å². The lowest BCUT2D eigenvalue weighted by Crippen LogP contribution is -2.57. The van der Waals surface area contributed by atoms with Crippen molar-refractivity contribution in [3.63, 3.8) is 0 Å². The van der Waals surface area contributed by atoms with E-state index in [2.05, 4.69) is 28.5 Å². The van der Waals surface area contributed by atoms with Crippen molar-refractivity contribution >= 4 is 5.91 Å². The zero-order valence-corrected chi connectivity index (χ0v) is 22.9. The smallest absolute Gasteiger partial charge is 0.387 e. The highest BCUT2D eigenvalue weighted by Gasteiger charge is 2.34. The first-order valence-electron chi connectivity index (χ1n) is 13.2. The fraction of sp³-hybridized carbons (Fsp3) is 0.630. The zero-order valence-electron chi connectivity index (χ0n) is 22.9. The molecule has 11 heteroatoms. The van der Waals surface area contributed by atoms with Crippen molar-refractivity contribution in [1.82, 2.24) is 14.8 Å². The SMILES string of the molecule is CC.COCN1CCN(C(=O)c2nc(-c3ccc(OC(F)F)c(OCC4CC4)c3)oc2CN)CC1C(C)C. The highest BCUT2D eigenvalue weighted by Crippen LogP contribution is 2.37. The number of piperazine rings is 1. The number of carbonyl (C=O) groups is 1. The number of nitrogens with zero attached hydrogens (tertiary/aromatic N) is 3. The third kappa shape index (κ3) is 7.42. The summed E-state index contributed by atoms with van der Waals surface area (Å²) in [4.78, 5) is 21.9. The van der Waals surface area contributed by atoms with Crippen molar-refractivity contribution in [2.75, 3.05) is 40.1 Å². The molecule has 1 saturated heterocycles. The number of methoxy groups -OCH3 is 1. The predicted octanol–water partition coefficient (Wildman–Crippen LogP) is 4.60. The van der Waals surface area contributed by atoms with Crippen molar-refractivity contribution in [2.45, 2.75) is 59.7 Å². The Morgan fingerprint density at radius 1 is 1.21 bits per heavy atom. The number of aromatic nitrogens is 1. The summed E-state index contributed by atoms with van der Waals surface area (Å²) in [5.74, 6) is 1.03. The number of carbonyl (C=O) groups excluding carboxylic acids is 1. The van der Waals surface area contributed by atoms with E-state index in [1.54, 1.807) is 24.1 Å². The lowest BCUT2D eigenvalue weighted by Gasteiger charge is -2.42. The Balaban J connectivity index is 0.00000195. The van der Waals surface area contributed by atoms with Gasteiger partial charge in [0.15, 0.2) is 23.0 Å². The van der Waals surface area contributed by atoms with E-state index in [0.717, 1.165) is 12.8 Å². The quantitative estimate of drug-likeness (QED) is 0.443. The lowest BCUT2D eigenvalue weighted by molar-refractivity contribution is -0.0515. The molecule has 0 bridgehead atoms. The average molecular weight is 539 g/mol. The molecule has 212 valence electrons. The van der Waals surface area contributed by atoms with Gasteiger partial charge < -0.3 is 29.3 Å². The maximum Gasteiger partial charge on any atom is 0.387 e. The van der Waals surface area contributed by atoms with E-state index >= 15 is 0 Å². The van der Waals surface area contributed by atoms with Crippen LogP contribution in [-0.2, 0) is 11.3 Å². The lowest BCUT2D eigenvalue weighted by atomic mass is 10.00. The molecule has 1 atom stereocenters. The van der Waals surface area contributed by atoms with E-state index in [4.69, 9.17) is 19.6 Å². The molecule has 1 aliphatic heterocycles. The molecule has 2 aromatic rings. The van der Waals surface area contributed by atoms with Gasteiger partial charge in [0.1, 0.15) is 0 Å². The summed E-state index contributed by atoms with van der Waals surface area (Å²) in [6.45, 7) is 7.90. The van der Waals surface area contributed by atoms with E-state index in [1.807, 2.05) is 13.8 Å². The molecule has 0 spiro atoms. The average Bonchev–Trinajstić information content (AvgIpc) is 3.64. The van der Waals surface area contributed by atoms with Gasteiger partial charge in [0.05, 0.1) is 19.9 Å². The zero-order chi connectivity index (χ0) is 27.8. The molecule has 2 N–H and O–H groups in total. The Bertz CT molecular complexity index is 1040. The van der Waals surface area contributed by atoms with Gasteiger partial charge in [0.2, 0.25) is 5.89 Å². The van der Waals surface area contributed by atoms with Crippen molar-refractivity contribution < 1.29 is 32.2 Å². The van der Waals surface area contributed by atoms with Crippen LogP contribution in [0, 0.1) is 11.8 Å². The molecule has 0 radical (unpaired) electrons. The van der Waals surface area contributed by atoms with E-state index < -0.39 is 6.61 Å². The van der Waals surface area contributed by atoms with Crippen LogP contribution in [0.15, 0.2) is 22.6 Å². The molecule has 1 aromatic carbocycles. The molecule has 4 rings (SSSR count). The molecule has 38 heavy (non-hydrogen) atoms. The summed E-state index contributed by atoms with van der Waals surface area (Å²) >= 11 is 0. The first kappa shape index (κ1) is 29.8. The third-order valence-electron chi connectivity index (χ3n) is 6.55. The largest absolute Gasteiger partial charge is 0.489 e. The van der Waals surface area contributed by atoms with Gasteiger partial charge in [-0.3, -0.25) is 9.69 Å². The van der Waals surface area contributed by atoms with Crippen molar-refractivity contribution in [1.29, 1.82) is 0 Å². The topological polar surface area (TPSA) is 103 Å². The number of oxazole rings is 1. The number of halogens is 2.